The van der Waals surface area contributed by atoms with Crippen LogP contribution in [0.4, 0.5) is 11.4 Å². The molecule has 1 aromatic carbocycles. The van der Waals surface area contributed by atoms with Crippen molar-refractivity contribution in [3.8, 4) is 0 Å². The van der Waals surface area contributed by atoms with Crippen LogP contribution in [0.15, 0.2) is 47.7 Å². The lowest BCUT2D eigenvalue weighted by Crippen LogP contribution is -2.38. The highest BCUT2D eigenvalue weighted by Crippen LogP contribution is 2.35. The van der Waals surface area contributed by atoms with E-state index in [1.54, 1.807) is 36.3 Å². The molecule has 3 heterocycles. The Bertz CT molecular complexity index is 794. The van der Waals surface area contributed by atoms with E-state index < -0.39 is 0 Å². The van der Waals surface area contributed by atoms with E-state index in [1.807, 2.05) is 18.2 Å². The summed E-state index contributed by atoms with van der Waals surface area (Å²) in [5, 5.41) is 11.9. The summed E-state index contributed by atoms with van der Waals surface area (Å²) in [6, 6.07) is 9.38. The van der Waals surface area contributed by atoms with E-state index in [0.717, 1.165) is 28.6 Å². The lowest BCUT2D eigenvalue weighted by Gasteiger charge is -2.32. The zero-order chi connectivity index (χ0) is 15.8. The van der Waals surface area contributed by atoms with E-state index in [4.69, 9.17) is 0 Å². The molecule has 0 saturated carbocycles. The van der Waals surface area contributed by atoms with Crippen molar-refractivity contribution in [3.63, 3.8) is 0 Å². The number of aromatic nitrogens is 1. The summed E-state index contributed by atoms with van der Waals surface area (Å²) in [6.07, 6.45) is 4.38. The van der Waals surface area contributed by atoms with Gasteiger partial charge in [-0.05, 0) is 29.7 Å². The fourth-order valence-electron chi connectivity index (χ4n) is 3.00. The number of non-ortho nitro benzene ring substituents is 1. The van der Waals surface area contributed by atoms with Crippen molar-refractivity contribution in [2.45, 2.75) is 19.0 Å². The van der Waals surface area contributed by atoms with Crippen LogP contribution in [0.3, 0.4) is 0 Å². The summed E-state index contributed by atoms with van der Waals surface area (Å²) in [6.45, 7) is 0.674. The van der Waals surface area contributed by atoms with Crippen LogP contribution in [0.5, 0.6) is 0 Å². The first-order chi connectivity index (χ1) is 11.2. The molecule has 0 amide bonds. The summed E-state index contributed by atoms with van der Waals surface area (Å²) in [5.41, 5.74) is 3.22. The molecule has 2 aliphatic heterocycles. The highest BCUT2D eigenvalue weighted by molar-refractivity contribution is 8.14. The molecule has 1 saturated heterocycles. The van der Waals surface area contributed by atoms with Crippen LogP contribution in [0.25, 0.3) is 0 Å². The second kappa shape index (κ2) is 5.66. The molecule has 1 aromatic heterocycles. The number of hydrogen-bond acceptors (Lipinski definition) is 5. The second-order valence-corrected chi connectivity index (χ2v) is 6.60. The molecule has 6 nitrogen and oxygen atoms in total. The number of nitro benzene ring substituents is 1. The predicted octanol–water partition coefficient (Wildman–Crippen LogP) is 3.15. The molecule has 1 atom stereocenters. The molecule has 0 aliphatic carbocycles. The number of fused-ring (bicyclic) bond motifs is 2. The molecule has 0 spiro atoms. The van der Waals surface area contributed by atoms with Crippen LogP contribution in [-0.4, -0.2) is 31.8 Å². The van der Waals surface area contributed by atoms with Crippen LogP contribution in [0.2, 0.25) is 0 Å². The van der Waals surface area contributed by atoms with Gasteiger partial charge in [-0.15, -0.1) is 0 Å². The standard InChI is InChI=1S/C16H14N4O2S/c21-20(22)14-4-3-11-6-15-10-23-16(19(15)9-12(11)7-14)18-13-2-1-5-17-8-13/h1-5,7-8,15H,6,9-10H2. The van der Waals surface area contributed by atoms with Gasteiger partial charge in [0.15, 0.2) is 5.17 Å². The van der Waals surface area contributed by atoms with Gasteiger partial charge >= 0.3 is 0 Å². The monoisotopic (exact) mass is 326 g/mol. The Hall–Kier alpha value is -2.41. The number of hydrogen-bond donors (Lipinski definition) is 0. The normalized spacial score (nSPS) is 21.1. The summed E-state index contributed by atoms with van der Waals surface area (Å²) in [7, 11) is 0. The van der Waals surface area contributed by atoms with Crippen molar-refractivity contribution < 1.29 is 4.92 Å². The molecule has 23 heavy (non-hydrogen) atoms. The van der Waals surface area contributed by atoms with Gasteiger partial charge in [0.25, 0.3) is 5.69 Å². The summed E-state index contributed by atoms with van der Waals surface area (Å²) in [4.78, 5) is 21.7. The van der Waals surface area contributed by atoms with Gasteiger partial charge in [-0.2, -0.15) is 0 Å². The van der Waals surface area contributed by atoms with E-state index in [-0.39, 0.29) is 10.6 Å². The molecule has 2 aromatic rings. The quantitative estimate of drug-likeness (QED) is 0.626. The SMILES string of the molecule is O=[N+]([O-])c1ccc2c(c1)CN1C(=Nc3cccnc3)SCC1C2. The van der Waals surface area contributed by atoms with E-state index in [2.05, 4.69) is 14.9 Å². The van der Waals surface area contributed by atoms with Crippen molar-refractivity contribution in [1.82, 2.24) is 9.88 Å². The molecule has 2 aliphatic rings. The van der Waals surface area contributed by atoms with Crippen molar-refractivity contribution in [1.29, 1.82) is 0 Å². The first kappa shape index (κ1) is 14.2. The van der Waals surface area contributed by atoms with Gasteiger partial charge in [-0.3, -0.25) is 15.1 Å². The molecule has 1 fully saturated rings. The van der Waals surface area contributed by atoms with Gasteiger partial charge in [0.1, 0.15) is 0 Å². The lowest BCUT2D eigenvalue weighted by atomic mass is 9.95. The number of rotatable bonds is 2. The number of amidine groups is 1. The lowest BCUT2D eigenvalue weighted by molar-refractivity contribution is -0.385. The highest BCUT2D eigenvalue weighted by Gasteiger charge is 2.35. The third-order valence-corrected chi connectivity index (χ3v) is 5.29. The van der Waals surface area contributed by atoms with Crippen LogP contribution in [0.1, 0.15) is 11.1 Å². The van der Waals surface area contributed by atoms with Gasteiger partial charge in [-0.25, -0.2) is 4.99 Å². The minimum Gasteiger partial charge on any atom is -0.343 e. The topological polar surface area (TPSA) is 71.6 Å². The number of pyridine rings is 1. The van der Waals surface area contributed by atoms with E-state index >= 15 is 0 Å². The van der Waals surface area contributed by atoms with Crippen LogP contribution in [0, 0.1) is 10.1 Å². The fraction of sp³-hybridized carbons (Fsp3) is 0.250. The molecule has 1 unspecified atom stereocenters. The number of aliphatic imine (C=N–C) groups is 1. The summed E-state index contributed by atoms with van der Waals surface area (Å²) < 4.78 is 0. The number of benzene rings is 1. The Labute approximate surface area is 137 Å². The fourth-order valence-corrected chi connectivity index (χ4v) is 4.19. The van der Waals surface area contributed by atoms with Crippen molar-refractivity contribution in [2.24, 2.45) is 4.99 Å². The Balaban J connectivity index is 1.65. The minimum absolute atomic E-state index is 0.153. The minimum atomic E-state index is -0.338. The maximum atomic E-state index is 11.0. The first-order valence-electron chi connectivity index (χ1n) is 7.35. The number of nitrogens with zero attached hydrogens (tertiary/aromatic N) is 4. The largest absolute Gasteiger partial charge is 0.343 e. The second-order valence-electron chi connectivity index (χ2n) is 5.61. The van der Waals surface area contributed by atoms with Gasteiger partial charge in [0.2, 0.25) is 0 Å². The third-order valence-electron chi connectivity index (χ3n) is 4.16. The van der Waals surface area contributed by atoms with Gasteiger partial charge in [-0.1, -0.05) is 17.8 Å². The number of nitro groups is 1. The number of thioether (sulfide) groups is 1. The average molecular weight is 326 g/mol. The van der Waals surface area contributed by atoms with Crippen molar-refractivity contribution >= 4 is 28.3 Å². The smallest absolute Gasteiger partial charge is 0.269 e. The molecule has 4 rings (SSSR count). The van der Waals surface area contributed by atoms with Gasteiger partial charge < -0.3 is 4.90 Å². The Morgan fingerprint density at radius 1 is 1.35 bits per heavy atom. The van der Waals surface area contributed by atoms with E-state index in [1.165, 1.54) is 5.56 Å². The first-order valence-corrected chi connectivity index (χ1v) is 8.33. The maximum Gasteiger partial charge on any atom is 0.269 e. The molecule has 0 radical (unpaired) electrons. The van der Waals surface area contributed by atoms with Gasteiger partial charge in [0.05, 0.1) is 16.8 Å². The predicted molar refractivity (Wildman–Crippen MR) is 89.9 cm³/mol. The Morgan fingerprint density at radius 2 is 2.26 bits per heavy atom. The van der Waals surface area contributed by atoms with Crippen LogP contribution < -0.4 is 0 Å². The molecule has 7 heteroatoms. The zero-order valence-electron chi connectivity index (χ0n) is 12.3. The Kier molecular flexibility index (Phi) is 3.49. The molecular weight excluding hydrogens is 312 g/mol. The van der Waals surface area contributed by atoms with Gasteiger partial charge in [0, 0.05) is 36.7 Å². The zero-order valence-corrected chi connectivity index (χ0v) is 13.1. The molecule has 0 N–H and O–H groups in total. The van der Waals surface area contributed by atoms with Crippen molar-refractivity contribution in [3.05, 3.63) is 64.0 Å². The Morgan fingerprint density at radius 3 is 3.04 bits per heavy atom. The summed E-state index contributed by atoms with van der Waals surface area (Å²) >= 11 is 1.74. The van der Waals surface area contributed by atoms with Crippen LogP contribution in [-0.2, 0) is 13.0 Å². The van der Waals surface area contributed by atoms with E-state index in [9.17, 15) is 10.1 Å². The summed E-state index contributed by atoms with van der Waals surface area (Å²) in [5.74, 6) is 0.996. The molecular formula is C16H14N4O2S. The third kappa shape index (κ3) is 2.68. The van der Waals surface area contributed by atoms with Crippen LogP contribution >= 0.6 is 11.8 Å². The average Bonchev–Trinajstić information content (AvgIpc) is 2.95. The van der Waals surface area contributed by atoms with E-state index in [0.29, 0.717) is 12.6 Å². The highest BCUT2D eigenvalue weighted by atomic mass is 32.2. The van der Waals surface area contributed by atoms with Crippen molar-refractivity contribution in [2.75, 3.05) is 5.75 Å². The maximum absolute atomic E-state index is 11.0. The molecule has 116 valence electrons. The molecule has 0 bridgehead atoms.